The van der Waals surface area contributed by atoms with Crippen LogP contribution in [-0.4, -0.2) is 31.1 Å². The normalized spacial score (nSPS) is 12.2. The van der Waals surface area contributed by atoms with Crippen LogP contribution in [0.1, 0.15) is 18.3 Å². The van der Waals surface area contributed by atoms with E-state index in [9.17, 15) is 4.79 Å². The van der Waals surface area contributed by atoms with Crippen molar-refractivity contribution >= 4 is 23.4 Å². The monoisotopic (exact) mass is 357 g/mol. The first-order valence-corrected chi connectivity index (χ1v) is 8.70. The number of hydrogen-bond donors (Lipinski definition) is 1. The van der Waals surface area contributed by atoms with Crippen LogP contribution in [0.3, 0.4) is 0 Å². The third kappa shape index (κ3) is 3.74. The summed E-state index contributed by atoms with van der Waals surface area (Å²) in [5.41, 5.74) is 3.29. The summed E-state index contributed by atoms with van der Waals surface area (Å²) in [6.45, 7) is 5.58. The molecule has 0 saturated carbocycles. The molecule has 1 aromatic carbocycles. The number of carbonyl (C=O) groups is 1. The minimum Gasteiger partial charge on any atom is -0.411 e. The predicted molar refractivity (Wildman–Crippen MR) is 96.4 cm³/mol. The van der Waals surface area contributed by atoms with Crippen LogP contribution in [0.4, 0.5) is 5.69 Å². The number of anilines is 1. The molecular weight excluding hydrogens is 338 g/mol. The van der Waals surface area contributed by atoms with Gasteiger partial charge in [-0.15, -0.1) is 10.2 Å². The van der Waals surface area contributed by atoms with Gasteiger partial charge in [0.2, 0.25) is 11.8 Å². The number of amides is 1. The molecule has 3 aromatic rings. The van der Waals surface area contributed by atoms with Gasteiger partial charge in [-0.05, 0) is 32.9 Å². The number of aryl methyl sites for hydroxylation is 2. The Morgan fingerprint density at radius 1 is 1.24 bits per heavy atom. The largest absolute Gasteiger partial charge is 0.411 e. The first kappa shape index (κ1) is 17.2. The predicted octanol–water partition coefficient (Wildman–Crippen LogP) is 3.21. The highest BCUT2D eigenvalue weighted by molar-refractivity contribution is 8.00. The van der Waals surface area contributed by atoms with E-state index in [4.69, 9.17) is 4.42 Å². The van der Waals surface area contributed by atoms with E-state index in [1.165, 1.54) is 11.8 Å². The van der Waals surface area contributed by atoms with E-state index in [0.717, 1.165) is 22.6 Å². The Labute approximate surface area is 149 Å². The molecule has 2 aromatic heterocycles. The van der Waals surface area contributed by atoms with Crippen molar-refractivity contribution in [3.8, 4) is 11.5 Å². The lowest BCUT2D eigenvalue weighted by Crippen LogP contribution is -2.23. The van der Waals surface area contributed by atoms with Crippen LogP contribution in [0, 0.1) is 13.8 Å². The summed E-state index contributed by atoms with van der Waals surface area (Å²) in [4.78, 5) is 12.4. The van der Waals surface area contributed by atoms with Crippen LogP contribution in [0.2, 0.25) is 0 Å². The van der Waals surface area contributed by atoms with Crippen LogP contribution >= 0.6 is 11.8 Å². The van der Waals surface area contributed by atoms with E-state index in [1.807, 2.05) is 51.2 Å². The van der Waals surface area contributed by atoms with Gasteiger partial charge in [-0.25, -0.2) is 0 Å². The molecule has 0 aliphatic carbocycles. The fraction of sp³-hybridized carbons (Fsp3) is 0.294. The number of nitrogens with zero attached hydrogens (tertiary/aromatic N) is 4. The maximum Gasteiger partial charge on any atom is 0.277 e. The Bertz CT molecular complexity index is 888. The standard InChI is InChI=1S/C17H19N5O2S/c1-10-14(11(2)22(4)21-10)18-15(23)12(3)25-17-20-19-16(24-17)13-8-6-5-7-9-13/h5-9,12H,1-4H3,(H,18,23)/t12-/m0/s1. The lowest BCUT2D eigenvalue weighted by Gasteiger charge is -2.10. The van der Waals surface area contributed by atoms with Crippen molar-refractivity contribution in [2.75, 3.05) is 5.32 Å². The lowest BCUT2D eigenvalue weighted by atomic mass is 10.2. The number of benzene rings is 1. The highest BCUT2D eigenvalue weighted by Gasteiger charge is 2.21. The van der Waals surface area contributed by atoms with E-state index < -0.39 is 0 Å². The Morgan fingerprint density at radius 3 is 2.60 bits per heavy atom. The van der Waals surface area contributed by atoms with Crippen molar-refractivity contribution in [1.82, 2.24) is 20.0 Å². The van der Waals surface area contributed by atoms with Crippen LogP contribution in [0.15, 0.2) is 40.0 Å². The number of rotatable bonds is 5. The number of nitrogens with one attached hydrogen (secondary N) is 1. The molecule has 0 saturated heterocycles. The molecule has 25 heavy (non-hydrogen) atoms. The van der Waals surface area contributed by atoms with Gasteiger partial charge in [-0.2, -0.15) is 5.10 Å². The maximum atomic E-state index is 12.4. The second-order valence-corrected chi connectivity index (χ2v) is 6.95. The fourth-order valence-electron chi connectivity index (χ4n) is 2.34. The first-order chi connectivity index (χ1) is 12.0. The van der Waals surface area contributed by atoms with E-state index in [-0.39, 0.29) is 11.2 Å². The number of thioether (sulfide) groups is 1. The second-order valence-electron chi connectivity index (χ2n) is 5.66. The zero-order valence-electron chi connectivity index (χ0n) is 14.5. The minimum atomic E-state index is -0.386. The molecule has 2 heterocycles. The summed E-state index contributed by atoms with van der Waals surface area (Å²) in [5.74, 6) is 0.304. The average molecular weight is 357 g/mol. The van der Waals surface area contributed by atoms with E-state index in [1.54, 1.807) is 11.6 Å². The summed E-state index contributed by atoms with van der Waals surface area (Å²) in [6, 6.07) is 9.52. The van der Waals surface area contributed by atoms with Gasteiger partial charge in [0.05, 0.1) is 22.3 Å². The maximum absolute atomic E-state index is 12.4. The highest BCUT2D eigenvalue weighted by Crippen LogP contribution is 2.27. The smallest absolute Gasteiger partial charge is 0.277 e. The van der Waals surface area contributed by atoms with Crippen molar-refractivity contribution in [1.29, 1.82) is 0 Å². The zero-order chi connectivity index (χ0) is 18.0. The molecule has 0 aliphatic rings. The topological polar surface area (TPSA) is 85.8 Å². The molecular formula is C17H19N5O2S. The van der Waals surface area contributed by atoms with Crippen LogP contribution in [0.25, 0.3) is 11.5 Å². The summed E-state index contributed by atoms with van der Waals surface area (Å²) in [5, 5.41) is 15.2. The van der Waals surface area contributed by atoms with E-state index in [2.05, 4.69) is 20.6 Å². The average Bonchev–Trinajstić information content (AvgIpc) is 3.16. The van der Waals surface area contributed by atoms with E-state index >= 15 is 0 Å². The van der Waals surface area contributed by atoms with Crippen LogP contribution in [-0.2, 0) is 11.8 Å². The quantitative estimate of drug-likeness (QED) is 0.706. The van der Waals surface area contributed by atoms with Crippen molar-refractivity contribution in [3.05, 3.63) is 41.7 Å². The summed E-state index contributed by atoms with van der Waals surface area (Å²) in [6.07, 6.45) is 0. The summed E-state index contributed by atoms with van der Waals surface area (Å²) >= 11 is 1.23. The molecule has 7 nitrogen and oxygen atoms in total. The van der Waals surface area contributed by atoms with Crippen LogP contribution < -0.4 is 5.32 Å². The van der Waals surface area contributed by atoms with E-state index in [0.29, 0.717) is 11.1 Å². The third-order valence-electron chi connectivity index (χ3n) is 3.83. The Balaban J connectivity index is 1.67. The van der Waals surface area contributed by atoms with Gasteiger partial charge in [0.15, 0.2) is 0 Å². The van der Waals surface area contributed by atoms with Gasteiger partial charge < -0.3 is 9.73 Å². The number of hydrogen-bond acceptors (Lipinski definition) is 6. The molecule has 0 unspecified atom stereocenters. The minimum absolute atomic E-state index is 0.135. The van der Waals surface area contributed by atoms with Gasteiger partial charge in [-0.3, -0.25) is 9.48 Å². The Kier molecular flexibility index (Phi) is 4.89. The highest BCUT2D eigenvalue weighted by atomic mass is 32.2. The molecule has 0 aliphatic heterocycles. The molecule has 8 heteroatoms. The Morgan fingerprint density at radius 2 is 1.96 bits per heavy atom. The SMILES string of the molecule is Cc1nn(C)c(C)c1NC(=O)[C@H](C)Sc1nnc(-c2ccccc2)o1. The molecule has 0 radical (unpaired) electrons. The van der Waals surface area contributed by atoms with Crippen molar-refractivity contribution in [3.63, 3.8) is 0 Å². The van der Waals surface area contributed by atoms with Gasteiger partial charge in [0, 0.05) is 12.6 Å². The molecule has 130 valence electrons. The second kappa shape index (κ2) is 7.10. The molecule has 3 rings (SSSR count). The zero-order valence-corrected chi connectivity index (χ0v) is 15.3. The van der Waals surface area contributed by atoms with Crippen molar-refractivity contribution in [2.24, 2.45) is 7.05 Å². The molecule has 1 amide bonds. The molecule has 0 fully saturated rings. The first-order valence-electron chi connectivity index (χ1n) is 7.82. The van der Waals surface area contributed by atoms with Gasteiger partial charge in [0.25, 0.3) is 5.22 Å². The fourth-order valence-corrected chi connectivity index (χ4v) is 3.02. The third-order valence-corrected chi connectivity index (χ3v) is 4.77. The van der Waals surface area contributed by atoms with Crippen LogP contribution in [0.5, 0.6) is 0 Å². The molecule has 0 bridgehead atoms. The van der Waals surface area contributed by atoms with Gasteiger partial charge in [-0.1, -0.05) is 30.0 Å². The van der Waals surface area contributed by atoms with Gasteiger partial charge >= 0.3 is 0 Å². The summed E-state index contributed by atoms with van der Waals surface area (Å²) in [7, 11) is 1.85. The van der Waals surface area contributed by atoms with Gasteiger partial charge in [0.1, 0.15) is 0 Å². The van der Waals surface area contributed by atoms with Crippen molar-refractivity contribution in [2.45, 2.75) is 31.2 Å². The molecule has 1 atom stereocenters. The summed E-state index contributed by atoms with van der Waals surface area (Å²) < 4.78 is 7.38. The molecule has 0 spiro atoms. The Hall–Kier alpha value is -2.61. The lowest BCUT2D eigenvalue weighted by molar-refractivity contribution is -0.115. The molecule has 1 N–H and O–H groups in total. The van der Waals surface area contributed by atoms with Crippen molar-refractivity contribution < 1.29 is 9.21 Å². The number of carbonyl (C=O) groups excluding carboxylic acids is 1. The number of aromatic nitrogens is 4.